The van der Waals surface area contributed by atoms with Crippen LogP contribution in [0.15, 0.2) is 17.0 Å². The summed E-state index contributed by atoms with van der Waals surface area (Å²) in [6, 6.07) is 2.78. The van der Waals surface area contributed by atoms with Crippen molar-refractivity contribution in [2.24, 2.45) is 0 Å². The Balaban J connectivity index is 2.56. The predicted octanol–water partition coefficient (Wildman–Crippen LogP) is 1.76. The van der Waals surface area contributed by atoms with Crippen molar-refractivity contribution in [2.45, 2.75) is 44.0 Å². The van der Waals surface area contributed by atoms with E-state index in [0.717, 1.165) is 16.7 Å². The van der Waals surface area contributed by atoms with Gasteiger partial charge in [0, 0.05) is 6.42 Å². The number of amides is 1. The molecule has 1 fully saturated rings. The molecular weight excluding hydrogens is 266 g/mol. The zero-order valence-electron chi connectivity index (χ0n) is 10.9. The summed E-state index contributed by atoms with van der Waals surface area (Å²) in [4.78, 5) is 11.2. The summed E-state index contributed by atoms with van der Waals surface area (Å²) in [7, 11) is -4.23. The third-order valence-electron chi connectivity index (χ3n) is 3.58. The standard InChI is InChI=1S/C13H17NO4S/c1-3-9-6-10(19(16,17)18)7-11(8(9)2)12-4-5-13(15)14-12/h6-7,12H,3-5H2,1-2H3,(H,14,15)(H,16,17,18). The molecule has 1 heterocycles. The van der Waals surface area contributed by atoms with E-state index >= 15 is 0 Å². The van der Waals surface area contributed by atoms with Crippen molar-refractivity contribution in [2.75, 3.05) is 0 Å². The minimum absolute atomic E-state index is 0.0280. The molecular formula is C13H17NO4S. The number of hydrogen-bond donors (Lipinski definition) is 2. The molecule has 1 atom stereocenters. The highest BCUT2D eigenvalue weighted by Crippen LogP contribution is 2.30. The first kappa shape index (κ1) is 14.0. The maximum absolute atomic E-state index is 11.3. The van der Waals surface area contributed by atoms with E-state index in [1.54, 1.807) is 0 Å². The van der Waals surface area contributed by atoms with Gasteiger partial charge in [-0.25, -0.2) is 0 Å². The van der Waals surface area contributed by atoms with Crippen LogP contribution < -0.4 is 5.32 Å². The van der Waals surface area contributed by atoms with Gasteiger partial charge < -0.3 is 5.32 Å². The molecule has 2 N–H and O–H groups in total. The van der Waals surface area contributed by atoms with E-state index in [0.29, 0.717) is 19.3 Å². The number of carbonyl (C=O) groups is 1. The number of aryl methyl sites for hydroxylation is 1. The molecule has 1 saturated heterocycles. The van der Waals surface area contributed by atoms with Gasteiger partial charge in [0.1, 0.15) is 0 Å². The van der Waals surface area contributed by atoms with Gasteiger partial charge in [0.2, 0.25) is 5.91 Å². The highest BCUT2D eigenvalue weighted by molar-refractivity contribution is 7.85. The van der Waals surface area contributed by atoms with Crippen LogP contribution in [0.25, 0.3) is 0 Å². The number of rotatable bonds is 3. The molecule has 1 aromatic rings. The maximum Gasteiger partial charge on any atom is 0.294 e. The van der Waals surface area contributed by atoms with Crippen LogP contribution in [0.5, 0.6) is 0 Å². The van der Waals surface area contributed by atoms with Gasteiger partial charge in [-0.3, -0.25) is 9.35 Å². The Bertz CT molecular complexity index is 622. The summed E-state index contributed by atoms with van der Waals surface area (Å²) in [6.45, 7) is 3.83. The van der Waals surface area contributed by atoms with Crippen LogP contribution >= 0.6 is 0 Å². The molecule has 0 saturated carbocycles. The predicted molar refractivity (Wildman–Crippen MR) is 70.5 cm³/mol. The maximum atomic E-state index is 11.3. The van der Waals surface area contributed by atoms with Crippen LogP contribution in [-0.4, -0.2) is 18.9 Å². The normalized spacial score (nSPS) is 19.5. The molecule has 0 radical (unpaired) electrons. The van der Waals surface area contributed by atoms with E-state index in [9.17, 15) is 17.8 Å². The summed E-state index contributed by atoms with van der Waals surface area (Å²) in [5, 5.41) is 2.83. The van der Waals surface area contributed by atoms with E-state index in [-0.39, 0.29) is 16.8 Å². The van der Waals surface area contributed by atoms with Gasteiger partial charge in [-0.15, -0.1) is 0 Å². The fourth-order valence-electron chi connectivity index (χ4n) is 2.49. The zero-order valence-corrected chi connectivity index (χ0v) is 11.8. The molecule has 5 nitrogen and oxygen atoms in total. The summed E-state index contributed by atoms with van der Waals surface area (Å²) >= 11 is 0. The molecule has 0 aromatic heterocycles. The SMILES string of the molecule is CCc1cc(S(=O)(=O)O)cc(C2CCC(=O)N2)c1C. The van der Waals surface area contributed by atoms with Crippen molar-refractivity contribution in [1.82, 2.24) is 5.32 Å². The zero-order chi connectivity index (χ0) is 14.2. The Labute approximate surface area is 112 Å². The lowest BCUT2D eigenvalue weighted by Gasteiger charge is -2.17. The van der Waals surface area contributed by atoms with Crippen LogP contribution in [0.2, 0.25) is 0 Å². The van der Waals surface area contributed by atoms with Crippen molar-refractivity contribution >= 4 is 16.0 Å². The molecule has 1 aliphatic rings. The number of nitrogens with one attached hydrogen (secondary N) is 1. The van der Waals surface area contributed by atoms with Gasteiger partial charge in [0.25, 0.3) is 10.1 Å². The van der Waals surface area contributed by atoms with Gasteiger partial charge in [-0.2, -0.15) is 8.42 Å². The lowest BCUT2D eigenvalue weighted by molar-refractivity contribution is -0.119. The summed E-state index contributed by atoms with van der Waals surface area (Å²) < 4.78 is 31.8. The summed E-state index contributed by atoms with van der Waals surface area (Å²) in [6.07, 6.45) is 1.77. The molecule has 1 unspecified atom stereocenters. The number of benzene rings is 1. The minimum atomic E-state index is -4.23. The molecule has 1 aromatic carbocycles. The molecule has 0 spiro atoms. The Morgan fingerprint density at radius 1 is 1.42 bits per heavy atom. The summed E-state index contributed by atoms with van der Waals surface area (Å²) in [5.41, 5.74) is 2.62. The quantitative estimate of drug-likeness (QED) is 0.828. The Morgan fingerprint density at radius 3 is 2.58 bits per heavy atom. The van der Waals surface area contributed by atoms with E-state index in [1.807, 2.05) is 13.8 Å². The molecule has 1 amide bonds. The largest absolute Gasteiger partial charge is 0.349 e. The Kier molecular flexibility index (Phi) is 3.64. The van der Waals surface area contributed by atoms with E-state index in [2.05, 4.69) is 5.32 Å². The van der Waals surface area contributed by atoms with Gasteiger partial charge in [-0.1, -0.05) is 6.92 Å². The van der Waals surface area contributed by atoms with E-state index in [4.69, 9.17) is 0 Å². The second-order valence-electron chi connectivity index (χ2n) is 4.78. The van der Waals surface area contributed by atoms with Crippen molar-refractivity contribution < 1.29 is 17.8 Å². The van der Waals surface area contributed by atoms with Crippen LogP contribution in [0.3, 0.4) is 0 Å². The molecule has 0 bridgehead atoms. The average Bonchev–Trinajstić information content (AvgIpc) is 2.74. The second kappa shape index (κ2) is 4.94. The first-order valence-corrected chi connectivity index (χ1v) is 7.67. The Hall–Kier alpha value is -1.40. The van der Waals surface area contributed by atoms with Crippen molar-refractivity contribution in [3.05, 3.63) is 28.8 Å². The minimum Gasteiger partial charge on any atom is -0.349 e. The lowest BCUT2D eigenvalue weighted by atomic mass is 9.95. The van der Waals surface area contributed by atoms with E-state index in [1.165, 1.54) is 12.1 Å². The smallest absolute Gasteiger partial charge is 0.294 e. The van der Waals surface area contributed by atoms with Gasteiger partial charge >= 0.3 is 0 Å². The second-order valence-corrected chi connectivity index (χ2v) is 6.21. The van der Waals surface area contributed by atoms with E-state index < -0.39 is 10.1 Å². The monoisotopic (exact) mass is 283 g/mol. The molecule has 6 heteroatoms. The third-order valence-corrected chi connectivity index (χ3v) is 4.41. The Morgan fingerprint density at radius 2 is 2.11 bits per heavy atom. The van der Waals surface area contributed by atoms with Crippen molar-refractivity contribution in [3.63, 3.8) is 0 Å². The van der Waals surface area contributed by atoms with Crippen LogP contribution in [0.1, 0.15) is 42.5 Å². The first-order chi connectivity index (χ1) is 8.82. The van der Waals surface area contributed by atoms with Crippen molar-refractivity contribution in [1.29, 1.82) is 0 Å². The lowest BCUT2D eigenvalue weighted by Crippen LogP contribution is -2.20. The highest BCUT2D eigenvalue weighted by Gasteiger charge is 2.26. The van der Waals surface area contributed by atoms with Gasteiger partial charge in [-0.05, 0) is 48.6 Å². The summed E-state index contributed by atoms with van der Waals surface area (Å²) in [5.74, 6) is -0.0280. The van der Waals surface area contributed by atoms with Crippen LogP contribution in [0.4, 0.5) is 0 Å². The molecule has 2 rings (SSSR count). The molecule has 104 valence electrons. The molecule has 1 aliphatic heterocycles. The van der Waals surface area contributed by atoms with Crippen LogP contribution in [-0.2, 0) is 21.3 Å². The van der Waals surface area contributed by atoms with Gasteiger partial charge in [0.15, 0.2) is 0 Å². The number of carbonyl (C=O) groups excluding carboxylic acids is 1. The van der Waals surface area contributed by atoms with Crippen molar-refractivity contribution in [3.8, 4) is 0 Å². The topological polar surface area (TPSA) is 83.5 Å². The third kappa shape index (κ3) is 2.79. The average molecular weight is 283 g/mol. The highest BCUT2D eigenvalue weighted by atomic mass is 32.2. The fourth-order valence-corrected chi connectivity index (χ4v) is 3.06. The molecule has 19 heavy (non-hydrogen) atoms. The van der Waals surface area contributed by atoms with Crippen LogP contribution in [0, 0.1) is 6.92 Å². The molecule has 0 aliphatic carbocycles. The van der Waals surface area contributed by atoms with Gasteiger partial charge in [0.05, 0.1) is 10.9 Å². The first-order valence-electron chi connectivity index (χ1n) is 6.23. The number of hydrogen-bond acceptors (Lipinski definition) is 3. The fraction of sp³-hybridized carbons (Fsp3) is 0.462.